The van der Waals surface area contributed by atoms with E-state index >= 15 is 0 Å². The van der Waals surface area contributed by atoms with Gasteiger partial charge < -0.3 is 35.3 Å². The maximum atomic E-state index is 12.7. The van der Waals surface area contributed by atoms with Crippen LogP contribution in [0.15, 0.2) is 48.5 Å². The molecular weight excluding hydrogens is 1070 g/mol. The van der Waals surface area contributed by atoms with Crippen LogP contribution in [-0.4, -0.2) is 57.0 Å². The summed E-state index contributed by atoms with van der Waals surface area (Å²) >= 11 is 0. The Balaban J connectivity index is 0.000000472. The van der Waals surface area contributed by atoms with Crippen molar-refractivity contribution in [3.05, 3.63) is 115 Å². The summed E-state index contributed by atoms with van der Waals surface area (Å²) in [5.74, 6) is 1.33. The number of carbonyl (C=O) groups is 4. The molecule has 0 aliphatic heterocycles. The zero-order valence-electron chi connectivity index (χ0n) is 58.8. The average Bonchev–Trinajstić information content (AvgIpc) is 1.33. The number of hydrogen-bond donors (Lipinski definition) is 5. The van der Waals surface area contributed by atoms with Gasteiger partial charge in [0.25, 0.3) is 0 Å². The van der Waals surface area contributed by atoms with E-state index in [0.29, 0.717) is 68.1 Å². The average molecular weight is 1190 g/mol. The number of rotatable bonds is 19. The van der Waals surface area contributed by atoms with Crippen molar-refractivity contribution in [1.29, 1.82) is 0 Å². The smallest absolute Gasteiger partial charge is 0.306 e. The van der Waals surface area contributed by atoms with Crippen LogP contribution in [0.1, 0.15) is 298 Å². The van der Waals surface area contributed by atoms with Gasteiger partial charge in [0.1, 0.15) is 28.8 Å². The van der Waals surface area contributed by atoms with Crippen LogP contribution in [-0.2, 0) is 92.9 Å². The number of amides is 1. The van der Waals surface area contributed by atoms with Gasteiger partial charge in [-0.05, 0) is 149 Å². The number of nitrogens with one attached hydrogen (secondary N) is 1. The molecule has 0 saturated heterocycles. The summed E-state index contributed by atoms with van der Waals surface area (Å²) in [5, 5.41) is 46.0. The van der Waals surface area contributed by atoms with E-state index in [1.165, 1.54) is 12.8 Å². The highest BCUT2D eigenvalue weighted by atomic mass is 16.5. The Labute approximate surface area is 522 Å². The van der Waals surface area contributed by atoms with Gasteiger partial charge in [0.15, 0.2) is 5.78 Å². The molecule has 0 fully saturated rings. The first-order valence-corrected chi connectivity index (χ1v) is 31.8. The molecule has 0 aliphatic carbocycles. The Morgan fingerprint density at radius 3 is 0.884 bits per heavy atom. The highest BCUT2D eigenvalue weighted by Gasteiger charge is 2.31. The molecule has 5 N–H and O–H groups in total. The van der Waals surface area contributed by atoms with E-state index in [9.17, 15) is 39.6 Å². The number of aryl methyl sites for hydroxylation is 4. The summed E-state index contributed by atoms with van der Waals surface area (Å²) in [6.45, 7) is 54.4. The molecule has 1 amide bonds. The Morgan fingerprint density at radius 1 is 0.372 bits per heavy atom. The zero-order chi connectivity index (χ0) is 66.5. The van der Waals surface area contributed by atoms with Crippen LogP contribution in [0.2, 0.25) is 0 Å². The summed E-state index contributed by atoms with van der Waals surface area (Å²) < 4.78 is 5.34. The molecule has 0 atom stereocenters. The maximum Gasteiger partial charge on any atom is 0.306 e. The number of benzene rings is 4. The Morgan fingerprint density at radius 2 is 0.628 bits per heavy atom. The van der Waals surface area contributed by atoms with Crippen molar-refractivity contribution in [3.63, 3.8) is 0 Å². The lowest BCUT2D eigenvalue weighted by Crippen LogP contribution is -2.30. The highest BCUT2D eigenvalue weighted by molar-refractivity contribution is 5.86. The van der Waals surface area contributed by atoms with E-state index in [4.69, 9.17) is 4.74 Å². The predicted molar refractivity (Wildman–Crippen MR) is 359 cm³/mol. The lowest BCUT2D eigenvalue weighted by atomic mass is 9.78. The van der Waals surface area contributed by atoms with E-state index in [-0.39, 0.29) is 79.7 Å². The second kappa shape index (κ2) is 30.5. The van der Waals surface area contributed by atoms with Gasteiger partial charge >= 0.3 is 5.97 Å². The first-order valence-electron chi connectivity index (χ1n) is 31.8. The normalized spacial score (nSPS) is 12.6. The number of unbranched alkanes of at least 4 members (excludes halogenated alkanes) is 3. The summed E-state index contributed by atoms with van der Waals surface area (Å²) in [4.78, 5) is 48.5. The van der Waals surface area contributed by atoms with Crippen molar-refractivity contribution in [1.82, 2.24) is 5.32 Å². The fourth-order valence-electron chi connectivity index (χ4n) is 10.2. The van der Waals surface area contributed by atoms with Gasteiger partial charge in [0, 0.05) is 25.7 Å². The van der Waals surface area contributed by atoms with Crippen LogP contribution < -0.4 is 5.32 Å². The highest BCUT2D eigenvalue weighted by Crippen LogP contribution is 2.44. The first kappa shape index (κ1) is 76.5. The molecule has 0 spiro atoms. The molecule has 0 aliphatic rings. The van der Waals surface area contributed by atoms with E-state index in [0.717, 1.165) is 86.0 Å². The summed E-state index contributed by atoms with van der Waals surface area (Å²) in [7, 11) is 0. The number of ether oxygens (including phenoxy) is 1. The number of aromatic hydroxyl groups is 4. The third-order valence-electron chi connectivity index (χ3n) is 15.6. The molecule has 482 valence electrons. The predicted octanol–water partition coefficient (Wildman–Crippen LogP) is 18.1. The number of carbonyl (C=O) groups excluding carboxylic acids is 4. The van der Waals surface area contributed by atoms with E-state index in [1.54, 1.807) is 6.92 Å². The largest absolute Gasteiger partial charge is 0.507 e. The minimum atomic E-state index is -0.229. The van der Waals surface area contributed by atoms with E-state index in [2.05, 4.69) is 178 Å². The van der Waals surface area contributed by atoms with Crippen LogP contribution in [0.4, 0.5) is 0 Å². The number of Topliss-reactive ketones (excluding diaryl/α,β-unsaturated/α-hetero) is 2. The summed E-state index contributed by atoms with van der Waals surface area (Å²) in [5.41, 5.74) is 10.1. The second-order valence-electron chi connectivity index (χ2n) is 32.5. The quantitative estimate of drug-likeness (QED) is 0.0453. The van der Waals surface area contributed by atoms with Crippen molar-refractivity contribution in [2.45, 2.75) is 300 Å². The Kier molecular flexibility index (Phi) is 27.1. The third-order valence-corrected chi connectivity index (χ3v) is 15.6. The van der Waals surface area contributed by atoms with Gasteiger partial charge in [-0.15, -0.1) is 0 Å². The van der Waals surface area contributed by atoms with Gasteiger partial charge in [0.05, 0.1) is 13.2 Å². The number of ketones is 2. The Hall–Kier alpha value is -5.64. The van der Waals surface area contributed by atoms with Gasteiger partial charge in [0.2, 0.25) is 5.91 Å². The van der Waals surface area contributed by atoms with Crippen molar-refractivity contribution in [2.24, 2.45) is 0 Å². The number of phenols is 4. The standard InChI is InChI=1S/C35H53NO4.C23H38O3.C18H28O2/c1-32(2,3)25-17-22(18-26(30(25)39)33(4,5)6)13-15-24(37)21-36-29(38)16-14-23-19-27(34(7,8)9)31(40)28(20-23)35(10,11)12;1-8-9-10-11-14-26-20(24)13-12-17-15-18(22(2,3)4)21(25)19(16-17)23(5,6)7;1-12(19)8-9-13-10-14(17(2,3)4)16(20)15(11-13)18(5,6)7/h17-20,39-40H,13-16,21H2,1-12H3,(H,36,38);15-16,25H,8-14H2,1-7H3;10-11,20H,8-9H2,1-7H3. The molecule has 10 heteroatoms. The SMILES string of the molecule is CC(=O)CCc1cc(C(C)(C)C)c(O)c(C(C)(C)C)c1.CC(C)(C)c1cc(CCC(=O)CNC(=O)CCc2cc(C(C)(C)C)c(O)c(C(C)(C)C)c2)cc(C(C)(C)C)c1O.CCCCCCOC(=O)CCc1cc(C(C)(C)C)c(O)c(C(C)(C)C)c1. The van der Waals surface area contributed by atoms with Crippen molar-refractivity contribution >= 4 is 23.4 Å². The van der Waals surface area contributed by atoms with Crippen LogP contribution in [0.3, 0.4) is 0 Å². The molecule has 0 unspecified atom stereocenters. The van der Waals surface area contributed by atoms with Gasteiger partial charge in [-0.1, -0.05) is 241 Å². The number of phenolic OH excluding ortho intramolecular Hbond substituents is 4. The minimum Gasteiger partial charge on any atom is -0.507 e. The molecule has 0 aromatic heterocycles. The fraction of sp³-hybridized carbons (Fsp3) is 0.632. The number of hydrogen-bond acceptors (Lipinski definition) is 9. The van der Waals surface area contributed by atoms with Crippen molar-refractivity contribution in [2.75, 3.05) is 13.2 Å². The topological polar surface area (TPSA) is 170 Å². The second-order valence-corrected chi connectivity index (χ2v) is 32.5. The van der Waals surface area contributed by atoms with Crippen LogP contribution in [0, 0.1) is 0 Å². The Bertz CT molecular complexity index is 2680. The van der Waals surface area contributed by atoms with Gasteiger partial charge in [-0.2, -0.15) is 0 Å². The molecule has 4 aromatic rings. The maximum absolute atomic E-state index is 12.7. The molecule has 4 aromatic carbocycles. The molecule has 0 radical (unpaired) electrons. The van der Waals surface area contributed by atoms with E-state index < -0.39 is 0 Å². The molecule has 86 heavy (non-hydrogen) atoms. The van der Waals surface area contributed by atoms with Crippen LogP contribution in [0.5, 0.6) is 23.0 Å². The lowest BCUT2D eigenvalue weighted by molar-refractivity contribution is -0.143. The molecule has 0 heterocycles. The molecule has 10 nitrogen and oxygen atoms in total. The van der Waals surface area contributed by atoms with E-state index in [1.807, 2.05) is 48.5 Å². The number of esters is 1. The van der Waals surface area contributed by atoms with Crippen molar-refractivity contribution < 1.29 is 44.3 Å². The molecule has 0 bridgehead atoms. The van der Waals surface area contributed by atoms with Crippen molar-refractivity contribution in [3.8, 4) is 23.0 Å². The molecule has 4 rings (SSSR count). The van der Waals surface area contributed by atoms with Gasteiger partial charge in [-0.3, -0.25) is 14.4 Å². The summed E-state index contributed by atoms with van der Waals surface area (Å²) in [6, 6.07) is 16.2. The third kappa shape index (κ3) is 24.5. The zero-order valence-corrected chi connectivity index (χ0v) is 58.8. The first-order chi connectivity index (χ1) is 38.9. The van der Waals surface area contributed by atoms with Crippen LogP contribution >= 0.6 is 0 Å². The summed E-state index contributed by atoms with van der Waals surface area (Å²) in [6.07, 6.45) is 8.42. The van der Waals surface area contributed by atoms with Crippen LogP contribution in [0.25, 0.3) is 0 Å². The van der Waals surface area contributed by atoms with Gasteiger partial charge in [-0.25, -0.2) is 0 Å². The molecule has 0 saturated carbocycles. The monoisotopic (exact) mass is 1190 g/mol. The minimum absolute atomic E-state index is 0.00519. The fourth-order valence-corrected chi connectivity index (χ4v) is 10.2. The lowest BCUT2D eigenvalue weighted by Gasteiger charge is -2.28. The molecular formula is C76H119NO9.